The molecule has 0 saturated carbocycles. The molecule has 1 aliphatic heterocycles. The van der Waals surface area contributed by atoms with Crippen molar-refractivity contribution in [3.05, 3.63) is 0 Å². The number of rotatable bonds is 3. The molecule has 0 bridgehead atoms. The Morgan fingerprint density at radius 2 is 1.67 bits per heavy atom. The van der Waals surface area contributed by atoms with Crippen molar-refractivity contribution in [2.75, 3.05) is 0 Å². The summed E-state index contributed by atoms with van der Waals surface area (Å²) in [6.07, 6.45) is 1.73. The first kappa shape index (κ1) is 15.5. The third-order valence-electron chi connectivity index (χ3n) is 5.04. The molecule has 1 fully saturated rings. The summed E-state index contributed by atoms with van der Waals surface area (Å²) >= 11 is 0. The topological polar surface area (TPSA) is 29.1 Å². The predicted octanol–water partition coefficient (Wildman–Crippen LogP) is 3.86. The molecular formula is C16H31NO. The summed E-state index contributed by atoms with van der Waals surface area (Å²) in [5.41, 5.74) is -0.0727. The zero-order chi connectivity index (χ0) is 14.1. The van der Waals surface area contributed by atoms with E-state index in [1.807, 2.05) is 0 Å². The molecule has 2 nitrogen and oxygen atoms in total. The molecule has 1 saturated heterocycles. The van der Waals surface area contributed by atoms with Crippen molar-refractivity contribution >= 4 is 5.91 Å². The fourth-order valence-corrected chi connectivity index (χ4v) is 3.83. The fraction of sp³-hybridized carbons (Fsp3) is 0.938. The summed E-state index contributed by atoms with van der Waals surface area (Å²) in [7, 11) is 0. The molecule has 0 aromatic carbocycles. The maximum Gasteiger partial charge on any atom is 0.220 e. The lowest BCUT2D eigenvalue weighted by molar-refractivity contribution is -0.123. The highest BCUT2D eigenvalue weighted by Gasteiger charge is 2.46. The van der Waals surface area contributed by atoms with Crippen LogP contribution < -0.4 is 5.32 Å². The van der Waals surface area contributed by atoms with Crippen LogP contribution in [-0.4, -0.2) is 11.4 Å². The van der Waals surface area contributed by atoms with Crippen LogP contribution >= 0.6 is 0 Å². The molecule has 1 rings (SSSR count). The summed E-state index contributed by atoms with van der Waals surface area (Å²) in [6, 6.07) is 0. The van der Waals surface area contributed by atoms with Crippen LogP contribution in [-0.2, 0) is 4.79 Å². The van der Waals surface area contributed by atoms with Gasteiger partial charge in [-0.3, -0.25) is 4.79 Å². The maximum absolute atomic E-state index is 12.0. The molecule has 0 aliphatic carbocycles. The highest BCUT2D eigenvalue weighted by molar-refractivity contribution is 5.77. The van der Waals surface area contributed by atoms with Gasteiger partial charge < -0.3 is 5.32 Å². The first-order valence-corrected chi connectivity index (χ1v) is 7.51. The third kappa shape index (κ3) is 2.89. The van der Waals surface area contributed by atoms with Gasteiger partial charge in [-0.1, -0.05) is 41.5 Å². The summed E-state index contributed by atoms with van der Waals surface area (Å²) in [5, 5.41) is 3.33. The monoisotopic (exact) mass is 253 g/mol. The minimum absolute atomic E-state index is 0.0727. The summed E-state index contributed by atoms with van der Waals surface area (Å²) in [5.74, 6) is 3.14. The summed E-state index contributed by atoms with van der Waals surface area (Å²) in [6.45, 7) is 15.9. The van der Waals surface area contributed by atoms with Gasteiger partial charge in [0.15, 0.2) is 0 Å². The van der Waals surface area contributed by atoms with Gasteiger partial charge >= 0.3 is 0 Å². The Kier molecular flexibility index (Phi) is 4.85. The van der Waals surface area contributed by atoms with Gasteiger partial charge in [0.05, 0.1) is 0 Å². The average molecular weight is 253 g/mol. The molecule has 0 aromatic rings. The van der Waals surface area contributed by atoms with E-state index in [-0.39, 0.29) is 11.4 Å². The van der Waals surface area contributed by atoms with E-state index < -0.39 is 0 Å². The first-order chi connectivity index (χ1) is 8.20. The van der Waals surface area contributed by atoms with Crippen LogP contribution in [0.2, 0.25) is 0 Å². The van der Waals surface area contributed by atoms with Gasteiger partial charge in [0.25, 0.3) is 0 Å². The average Bonchev–Trinajstić information content (AvgIpc) is 2.34. The van der Waals surface area contributed by atoms with Crippen LogP contribution in [0.15, 0.2) is 0 Å². The molecule has 2 heteroatoms. The van der Waals surface area contributed by atoms with Crippen molar-refractivity contribution in [2.45, 2.75) is 66.8 Å². The molecule has 1 N–H and O–H groups in total. The molecular weight excluding hydrogens is 222 g/mol. The van der Waals surface area contributed by atoms with E-state index in [4.69, 9.17) is 0 Å². The minimum Gasteiger partial charge on any atom is -0.350 e. The van der Waals surface area contributed by atoms with Gasteiger partial charge in [-0.2, -0.15) is 0 Å². The second kappa shape index (κ2) is 5.63. The number of nitrogens with one attached hydrogen (secondary N) is 1. The van der Waals surface area contributed by atoms with E-state index in [0.717, 1.165) is 6.42 Å². The van der Waals surface area contributed by atoms with E-state index in [9.17, 15) is 4.79 Å². The molecule has 1 amide bonds. The van der Waals surface area contributed by atoms with E-state index >= 15 is 0 Å². The smallest absolute Gasteiger partial charge is 0.220 e. The molecule has 0 aromatic heterocycles. The minimum atomic E-state index is -0.0727. The lowest BCUT2D eigenvalue weighted by Crippen LogP contribution is -2.57. The molecule has 3 unspecified atom stereocenters. The van der Waals surface area contributed by atoms with Gasteiger partial charge in [0.1, 0.15) is 0 Å². The molecule has 0 radical (unpaired) electrons. The van der Waals surface area contributed by atoms with E-state index in [1.165, 1.54) is 0 Å². The van der Waals surface area contributed by atoms with Crippen LogP contribution in [0.3, 0.4) is 0 Å². The fourth-order valence-electron chi connectivity index (χ4n) is 3.83. The largest absolute Gasteiger partial charge is 0.350 e. The Hall–Kier alpha value is -0.530. The van der Waals surface area contributed by atoms with Gasteiger partial charge in [-0.05, 0) is 42.9 Å². The van der Waals surface area contributed by atoms with Crippen molar-refractivity contribution in [3.8, 4) is 0 Å². The van der Waals surface area contributed by atoms with E-state index in [1.54, 1.807) is 0 Å². The van der Waals surface area contributed by atoms with Crippen LogP contribution in [0.1, 0.15) is 61.3 Å². The molecule has 0 spiro atoms. The number of carbonyl (C=O) groups excluding carboxylic acids is 1. The molecule has 1 heterocycles. The standard InChI is InChI=1S/C16H31NO/c1-10(2)13-8-9-14(18)17-16(7,12(5)6)15(13)11(3)4/h10-13,15H,8-9H2,1-7H3,(H,17,18). The Morgan fingerprint density at radius 3 is 2.06 bits per heavy atom. The highest BCUT2D eigenvalue weighted by atomic mass is 16.1. The van der Waals surface area contributed by atoms with Crippen molar-refractivity contribution in [3.63, 3.8) is 0 Å². The van der Waals surface area contributed by atoms with Crippen LogP contribution in [0, 0.1) is 29.6 Å². The maximum atomic E-state index is 12.0. The van der Waals surface area contributed by atoms with Crippen LogP contribution in [0.5, 0.6) is 0 Å². The summed E-state index contributed by atoms with van der Waals surface area (Å²) in [4.78, 5) is 12.0. The second-order valence-electron chi connectivity index (χ2n) is 7.20. The van der Waals surface area contributed by atoms with E-state index in [2.05, 4.69) is 53.8 Å². The zero-order valence-electron chi connectivity index (χ0n) is 13.2. The van der Waals surface area contributed by atoms with Crippen molar-refractivity contribution in [1.82, 2.24) is 5.32 Å². The highest BCUT2D eigenvalue weighted by Crippen LogP contribution is 2.43. The number of amides is 1. The normalized spacial score (nSPS) is 34.0. The Morgan fingerprint density at radius 1 is 1.11 bits per heavy atom. The number of hydrogen-bond acceptors (Lipinski definition) is 1. The summed E-state index contributed by atoms with van der Waals surface area (Å²) < 4.78 is 0. The van der Waals surface area contributed by atoms with Gasteiger partial charge in [0, 0.05) is 12.0 Å². The van der Waals surface area contributed by atoms with Crippen LogP contribution in [0.25, 0.3) is 0 Å². The van der Waals surface area contributed by atoms with E-state index in [0.29, 0.717) is 36.0 Å². The molecule has 1 aliphatic rings. The first-order valence-electron chi connectivity index (χ1n) is 7.51. The van der Waals surface area contributed by atoms with Crippen molar-refractivity contribution < 1.29 is 4.79 Å². The lowest BCUT2D eigenvalue weighted by atomic mass is 9.63. The van der Waals surface area contributed by atoms with Crippen molar-refractivity contribution in [1.29, 1.82) is 0 Å². The Labute approximate surface area is 113 Å². The predicted molar refractivity (Wildman–Crippen MR) is 77.3 cm³/mol. The molecule has 106 valence electrons. The zero-order valence-corrected chi connectivity index (χ0v) is 13.2. The van der Waals surface area contributed by atoms with Crippen LogP contribution in [0.4, 0.5) is 0 Å². The third-order valence-corrected chi connectivity index (χ3v) is 5.04. The molecule has 3 atom stereocenters. The van der Waals surface area contributed by atoms with Crippen molar-refractivity contribution in [2.24, 2.45) is 29.6 Å². The lowest BCUT2D eigenvalue weighted by Gasteiger charge is -2.47. The second-order valence-corrected chi connectivity index (χ2v) is 7.20. The molecule has 18 heavy (non-hydrogen) atoms. The number of hydrogen-bond donors (Lipinski definition) is 1. The number of carbonyl (C=O) groups is 1. The quantitative estimate of drug-likeness (QED) is 0.813. The van der Waals surface area contributed by atoms with Gasteiger partial charge in [-0.25, -0.2) is 0 Å². The SMILES string of the molecule is CC(C)C1CCC(=O)NC(C)(C(C)C)C1C(C)C. The Balaban J connectivity index is 3.20. The van der Waals surface area contributed by atoms with Gasteiger partial charge in [0.2, 0.25) is 5.91 Å². The van der Waals surface area contributed by atoms with Gasteiger partial charge in [-0.15, -0.1) is 0 Å². The Bertz CT molecular complexity index is 295.